The van der Waals surface area contributed by atoms with Crippen molar-refractivity contribution in [1.82, 2.24) is 0 Å². The molecule has 1 aliphatic rings. The summed E-state index contributed by atoms with van der Waals surface area (Å²) in [6.07, 6.45) is 0.946. The maximum Gasteiger partial charge on any atom is 0.0653 e. The fourth-order valence-corrected chi connectivity index (χ4v) is 2.29. The Kier molecular flexibility index (Phi) is 1.83. The lowest BCUT2D eigenvalue weighted by molar-refractivity contribution is 0.00499. The number of hydrogen-bond acceptors (Lipinski definition) is 1. The Hall–Kier alpha value is -0.0400. The zero-order valence-corrected chi connectivity index (χ0v) is 8.31. The molecule has 3 atom stereocenters. The molecule has 0 aromatic heterocycles. The molecule has 1 N–H and O–H groups in total. The minimum atomic E-state index is -0.442. The zero-order valence-electron chi connectivity index (χ0n) is 8.31. The second-order valence-electron chi connectivity index (χ2n) is 5.01. The highest BCUT2D eigenvalue weighted by Gasteiger charge is 2.50. The van der Waals surface area contributed by atoms with Crippen LogP contribution >= 0.6 is 0 Å². The van der Waals surface area contributed by atoms with Crippen molar-refractivity contribution >= 4 is 0 Å². The Morgan fingerprint density at radius 2 is 1.64 bits per heavy atom. The molecule has 0 amide bonds. The van der Waals surface area contributed by atoms with Crippen LogP contribution in [0.1, 0.15) is 41.0 Å². The molecule has 0 aromatic carbocycles. The van der Waals surface area contributed by atoms with Gasteiger partial charge < -0.3 is 5.11 Å². The minimum absolute atomic E-state index is 0.295. The first kappa shape index (κ1) is 9.05. The van der Waals surface area contributed by atoms with Crippen LogP contribution in [0.3, 0.4) is 0 Å². The van der Waals surface area contributed by atoms with Crippen LogP contribution in [-0.2, 0) is 0 Å². The largest absolute Gasteiger partial charge is 0.390 e. The summed E-state index contributed by atoms with van der Waals surface area (Å²) in [7, 11) is 0. The fourth-order valence-electron chi connectivity index (χ4n) is 2.29. The number of hydrogen-bond donors (Lipinski definition) is 1. The molecule has 0 heterocycles. The van der Waals surface area contributed by atoms with Gasteiger partial charge in [-0.25, -0.2) is 0 Å². The van der Waals surface area contributed by atoms with E-state index in [0.29, 0.717) is 17.3 Å². The van der Waals surface area contributed by atoms with E-state index in [4.69, 9.17) is 0 Å². The molecule has 3 unspecified atom stereocenters. The SMILES string of the molecule is CC1CC(C)(O)C(C)C1(C)C. The van der Waals surface area contributed by atoms with Crippen molar-refractivity contribution in [1.29, 1.82) is 0 Å². The predicted octanol–water partition coefficient (Wildman–Crippen LogP) is 2.44. The van der Waals surface area contributed by atoms with Gasteiger partial charge in [-0.1, -0.05) is 27.7 Å². The summed E-state index contributed by atoms with van der Waals surface area (Å²) < 4.78 is 0. The molecule has 0 spiro atoms. The third-order valence-electron chi connectivity index (χ3n) is 4.04. The lowest BCUT2D eigenvalue weighted by atomic mass is 9.75. The summed E-state index contributed by atoms with van der Waals surface area (Å²) in [5.41, 5.74) is -0.146. The van der Waals surface area contributed by atoms with Gasteiger partial charge in [0.15, 0.2) is 0 Å². The van der Waals surface area contributed by atoms with Crippen LogP contribution in [0.2, 0.25) is 0 Å². The molecule has 1 nitrogen and oxygen atoms in total. The van der Waals surface area contributed by atoms with E-state index in [2.05, 4.69) is 27.7 Å². The quantitative estimate of drug-likeness (QED) is 0.571. The molecular formula is C10H20O. The Labute approximate surface area is 69.8 Å². The minimum Gasteiger partial charge on any atom is -0.390 e. The van der Waals surface area contributed by atoms with Crippen molar-refractivity contribution in [3.8, 4) is 0 Å². The molecule has 1 fully saturated rings. The van der Waals surface area contributed by atoms with Crippen molar-refractivity contribution < 1.29 is 5.11 Å². The monoisotopic (exact) mass is 156 g/mol. The third-order valence-corrected chi connectivity index (χ3v) is 4.04. The van der Waals surface area contributed by atoms with Crippen LogP contribution in [0, 0.1) is 17.3 Å². The molecule has 0 aromatic rings. The van der Waals surface area contributed by atoms with Crippen LogP contribution in [0.4, 0.5) is 0 Å². The van der Waals surface area contributed by atoms with E-state index in [1.807, 2.05) is 6.92 Å². The van der Waals surface area contributed by atoms with E-state index < -0.39 is 5.60 Å². The smallest absolute Gasteiger partial charge is 0.0653 e. The van der Waals surface area contributed by atoms with E-state index in [1.54, 1.807) is 0 Å². The van der Waals surface area contributed by atoms with Gasteiger partial charge in [0, 0.05) is 0 Å². The summed E-state index contributed by atoms with van der Waals surface area (Å²) >= 11 is 0. The van der Waals surface area contributed by atoms with Crippen LogP contribution in [0.15, 0.2) is 0 Å². The van der Waals surface area contributed by atoms with Gasteiger partial charge >= 0.3 is 0 Å². The van der Waals surface area contributed by atoms with Crippen molar-refractivity contribution in [2.45, 2.75) is 46.6 Å². The van der Waals surface area contributed by atoms with Crippen LogP contribution < -0.4 is 0 Å². The molecule has 1 heteroatoms. The molecule has 0 bridgehead atoms. The van der Waals surface area contributed by atoms with Crippen molar-refractivity contribution in [2.24, 2.45) is 17.3 Å². The third kappa shape index (κ3) is 1.20. The lowest BCUT2D eigenvalue weighted by Gasteiger charge is -2.32. The van der Waals surface area contributed by atoms with Crippen LogP contribution in [-0.4, -0.2) is 10.7 Å². The Morgan fingerprint density at radius 1 is 1.18 bits per heavy atom. The standard InChI is InChI=1S/C10H20O/c1-7-6-10(5,11)8(2)9(7,3)4/h7-8,11H,6H2,1-5H3. The highest BCUT2D eigenvalue weighted by Crippen LogP contribution is 2.51. The summed E-state index contributed by atoms with van der Waals surface area (Å²) in [5, 5.41) is 9.97. The molecule has 66 valence electrons. The van der Waals surface area contributed by atoms with E-state index in [1.165, 1.54) is 0 Å². The summed E-state index contributed by atoms with van der Waals surface area (Å²) in [4.78, 5) is 0. The molecule has 1 aliphatic carbocycles. The molecule has 0 aliphatic heterocycles. The average Bonchev–Trinajstić information content (AvgIpc) is 1.94. The topological polar surface area (TPSA) is 20.2 Å². The second kappa shape index (κ2) is 2.22. The highest BCUT2D eigenvalue weighted by atomic mass is 16.3. The first-order valence-electron chi connectivity index (χ1n) is 4.51. The highest BCUT2D eigenvalue weighted by molar-refractivity contribution is 5.00. The Balaban J connectivity index is 2.89. The molecule has 11 heavy (non-hydrogen) atoms. The van der Waals surface area contributed by atoms with Gasteiger partial charge in [-0.2, -0.15) is 0 Å². The van der Waals surface area contributed by atoms with Crippen molar-refractivity contribution in [3.63, 3.8) is 0 Å². The van der Waals surface area contributed by atoms with Gasteiger partial charge in [0.25, 0.3) is 0 Å². The normalized spacial score (nSPS) is 49.6. The van der Waals surface area contributed by atoms with Crippen LogP contribution in [0.5, 0.6) is 0 Å². The van der Waals surface area contributed by atoms with Gasteiger partial charge in [0.1, 0.15) is 0 Å². The number of aliphatic hydroxyl groups is 1. The fraction of sp³-hybridized carbons (Fsp3) is 1.00. The van der Waals surface area contributed by atoms with Crippen LogP contribution in [0.25, 0.3) is 0 Å². The maximum absolute atomic E-state index is 9.97. The molecule has 0 saturated heterocycles. The maximum atomic E-state index is 9.97. The summed E-state index contributed by atoms with van der Waals surface area (Å²) in [6, 6.07) is 0. The van der Waals surface area contributed by atoms with E-state index in [9.17, 15) is 5.11 Å². The van der Waals surface area contributed by atoms with Gasteiger partial charge in [-0.15, -0.1) is 0 Å². The summed E-state index contributed by atoms with van der Waals surface area (Å²) in [6.45, 7) is 10.9. The van der Waals surface area contributed by atoms with E-state index >= 15 is 0 Å². The zero-order chi connectivity index (χ0) is 8.86. The Morgan fingerprint density at radius 3 is 1.73 bits per heavy atom. The first-order chi connectivity index (χ1) is 4.78. The predicted molar refractivity (Wildman–Crippen MR) is 47.3 cm³/mol. The molecular weight excluding hydrogens is 136 g/mol. The van der Waals surface area contributed by atoms with Gasteiger partial charge in [0.05, 0.1) is 5.60 Å². The number of rotatable bonds is 0. The van der Waals surface area contributed by atoms with Crippen molar-refractivity contribution in [2.75, 3.05) is 0 Å². The first-order valence-corrected chi connectivity index (χ1v) is 4.51. The molecule has 1 saturated carbocycles. The van der Waals surface area contributed by atoms with E-state index in [0.717, 1.165) is 6.42 Å². The van der Waals surface area contributed by atoms with Crippen molar-refractivity contribution in [3.05, 3.63) is 0 Å². The molecule has 1 rings (SSSR count). The van der Waals surface area contributed by atoms with Gasteiger partial charge in [-0.05, 0) is 30.6 Å². The lowest BCUT2D eigenvalue weighted by Crippen LogP contribution is -2.32. The summed E-state index contributed by atoms with van der Waals surface area (Å²) in [5.74, 6) is 1.04. The van der Waals surface area contributed by atoms with Gasteiger partial charge in [-0.3, -0.25) is 0 Å². The van der Waals surface area contributed by atoms with E-state index in [-0.39, 0.29) is 0 Å². The average molecular weight is 156 g/mol. The van der Waals surface area contributed by atoms with Gasteiger partial charge in [0.2, 0.25) is 0 Å². The molecule has 0 radical (unpaired) electrons. The Bertz CT molecular complexity index is 158. The second-order valence-corrected chi connectivity index (χ2v) is 5.01.